The summed E-state index contributed by atoms with van der Waals surface area (Å²) in [6, 6.07) is 6.53. The molecule has 1 heterocycles. The topological polar surface area (TPSA) is 56.0 Å². The van der Waals surface area contributed by atoms with Gasteiger partial charge in [-0.1, -0.05) is 23.2 Å². The highest BCUT2D eigenvalue weighted by Crippen LogP contribution is 2.32. The molecular weight excluding hydrogens is 259 g/mol. The van der Waals surface area contributed by atoms with Crippen LogP contribution in [0.2, 0.25) is 10.0 Å². The van der Waals surface area contributed by atoms with E-state index in [-0.39, 0.29) is 5.82 Å². The number of nitrogens with two attached hydrogens (primary N) is 1. The molecule has 0 fully saturated rings. The van der Waals surface area contributed by atoms with Crippen molar-refractivity contribution in [2.24, 2.45) is 0 Å². The van der Waals surface area contributed by atoms with E-state index >= 15 is 0 Å². The first-order valence-corrected chi connectivity index (χ1v) is 5.53. The van der Waals surface area contributed by atoms with Crippen molar-refractivity contribution in [2.75, 3.05) is 5.73 Å². The van der Waals surface area contributed by atoms with Crippen LogP contribution >= 0.6 is 23.2 Å². The first-order chi connectivity index (χ1) is 8.11. The largest absolute Gasteiger partial charge is 0.384 e. The normalized spacial score (nSPS) is 10.2. The molecule has 0 amide bonds. The van der Waals surface area contributed by atoms with Crippen LogP contribution in [0, 0.1) is 0 Å². The number of hydrogen-bond donors (Lipinski definition) is 1. The van der Waals surface area contributed by atoms with Crippen molar-refractivity contribution in [1.29, 1.82) is 0 Å². The van der Waals surface area contributed by atoms with Crippen molar-refractivity contribution < 1.29 is 4.79 Å². The van der Waals surface area contributed by atoms with Gasteiger partial charge in [0, 0.05) is 32.9 Å². The number of nitrogens with zero attached hydrogens (tertiary/aromatic N) is 1. The van der Waals surface area contributed by atoms with Crippen LogP contribution in [0.5, 0.6) is 0 Å². The van der Waals surface area contributed by atoms with E-state index in [2.05, 4.69) is 4.98 Å². The zero-order valence-electron chi connectivity index (χ0n) is 8.65. The number of carbonyl (C=O) groups excluding carboxylic acids is 1. The summed E-state index contributed by atoms with van der Waals surface area (Å²) in [5.74, 6) is 0.286. The number of aromatic nitrogens is 1. The average Bonchev–Trinajstić information content (AvgIpc) is 2.32. The maximum Gasteiger partial charge on any atom is 0.150 e. The third-order valence-electron chi connectivity index (χ3n) is 2.30. The molecule has 2 N–H and O–H groups in total. The molecule has 0 bridgehead atoms. The molecule has 5 heteroatoms. The Hall–Kier alpha value is -1.58. The fraction of sp³-hybridized carbons (Fsp3) is 0. The molecule has 0 saturated carbocycles. The fourth-order valence-electron chi connectivity index (χ4n) is 1.51. The fourth-order valence-corrected chi connectivity index (χ4v) is 1.91. The lowest BCUT2D eigenvalue weighted by Gasteiger charge is -2.08. The Labute approximate surface area is 108 Å². The van der Waals surface area contributed by atoms with Crippen LogP contribution < -0.4 is 5.73 Å². The minimum absolute atomic E-state index is 0.286. The van der Waals surface area contributed by atoms with E-state index in [9.17, 15) is 4.79 Å². The van der Waals surface area contributed by atoms with Crippen molar-refractivity contribution >= 4 is 35.3 Å². The van der Waals surface area contributed by atoms with Gasteiger partial charge in [-0.2, -0.15) is 0 Å². The molecule has 0 atom stereocenters. The molecule has 0 unspecified atom stereocenters. The molecule has 2 aromatic rings. The molecule has 1 aromatic heterocycles. The number of anilines is 1. The number of nitrogen functional groups attached to an aromatic ring is 1. The molecule has 0 aliphatic carbocycles. The van der Waals surface area contributed by atoms with E-state index < -0.39 is 0 Å². The van der Waals surface area contributed by atoms with Gasteiger partial charge in [0.25, 0.3) is 0 Å². The highest BCUT2D eigenvalue weighted by molar-refractivity contribution is 6.35. The smallest absolute Gasteiger partial charge is 0.150 e. The summed E-state index contributed by atoms with van der Waals surface area (Å²) >= 11 is 12.0. The predicted octanol–water partition coefficient (Wildman–Crippen LogP) is 3.45. The van der Waals surface area contributed by atoms with Crippen LogP contribution in [0.1, 0.15) is 10.4 Å². The first kappa shape index (κ1) is 11.9. The average molecular weight is 267 g/mol. The minimum atomic E-state index is 0.286. The monoisotopic (exact) mass is 266 g/mol. The van der Waals surface area contributed by atoms with Crippen molar-refractivity contribution in [2.45, 2.75) is 0 Å². The van der Waals surface area contributed by atoms with E-state index in [0.29, 0.717) is 33.0 Å². The summed E-state index contributed by atoms with van der Waals surface area (Å²) in [6.07, 6.45) is 2.22. The lowest BCUT2D eigenvalue weighted by molar-refractivity contribution is 0.112. The van der Waals surface area contributed by atoms with Gasteiger partial charge in [-0.25, -0.2) is 4.98 Å². The highest BCUT2D eigenvalue weighted by atomic mass is 35.5. The third kappa shape index (κ3) is 2.40. The molecule has 0 radical (unpaired) electrons. The molecule has 17 heavy (non-hydrogen) atoms. The number of halogens is 2. The lowest BCUT2D eigenvalue weighted by Crippen LogP contribution is -1.95. The summed E-state index contributed by atoms with van der Waals surface area (Å²) in [5.41, 5.74) is 7.23. The molecule has 2 rings (SSSR count). The number of pyridine rings is 1. The molecule has 0 spiro atoms. The van der Waals surface area contributed by atoms with Crippen molar-refractivity contribution in [3.63, 3.8) is 0 Å². The molecular formula is C12H8Cl2N2O. The summed E-state index contributed by atoms with van der Waals surface area (Å²) in [4.78, 5) is 14.9. The highest BCUT2D eigenvalue weighted by Gasteiger charge is 2.10. The van der Waals surface area contributed by atoms with E-state index in [1.807, 2.05) is 0 Å². The van der Waals surface area contributed by atoms with Gasteiger partial charge in [-0.3, -0.25) is 4.79 Å². The third-order valence-corrected chi connectivity index (χ3v) is 2.87. The zero-order valence-corrected chi connectivity index (χ0v) is 10.2. The van der Waals surface area contributed by atoms with Crippen molar-refractivity contribution in [3.8, 4) is 11.1 Å². The van der Waals surface area contributed by atoms with Crippen LogP contribution in [0.3, 0.4) is 0 Å². The molecule has 3 nitrogen and oxygen atoms in total. The maximum absolute atomic E-state index is 11.0. The molecule has 86 valence electrons. The summed E-state index contributed by atoms with van der Waals surface area (Å²) in [7, 11) is 0. The lowest BCUT2D eigenvalue weighted by atomic mass is 10.0. The van der Waals surface area contributed by atoms with Crippen molar-refractivity contribution in [1.82, 2.24) is 4.98 Å². The van der Waals surface area contributed by atoms with Gasteiger partial charge >= 0.3 is 0 Å². The van der Waals surface area contributed by atoms with E-state index in [0.717, 1.165) is 0 Å². The van der Waals surface area contributed by atoms with E-state index in [4.69, 9.17) is 28.9 Å². The van der Waals surface area contributed by atoms with Crippen LogP contribution in [0.4, 0.5) is 5.82 Å². The molecule has 0 aliphatic heterocycles. The van der Waals surface area contributed by atoms with Crippen LogP contribution in [-0.4, -0.2) is 11.3 Å². The second kappa shape index (κ2) is 4.73. The summed E-state index contributed by atoms with van der Waals surface area (Å²) in [6.45, 7) is 0. The Bertz CT molecular complexity index is 585. The summed E-state index contributed by atoms with van der Waals surface area (Å²) in [5, 5.41) is 1.04. The Balaban J connectivity index is 2.67. The predicted molar refractivity (Wildman–Crippen MR) is 69.5 cm³/mol. The molecule has 1 aromatic carbocycles. The molecule has 0 aliphatic rings. The number of rotatable bonds is 2. The first-order valence-electron chi connectivity index (χ1n) is 4.78. The zero-order chi connectivity index (χ0) is 12.4. The second-order valence-corrected chi connectivity index (χ2v) is 4.28. The summed E-state index contributed by atoms with van der Waals surface area (Å²) < 4.78 is 0. The van der Waals surface area contributed by atoms with Gasteiger partial charge in [0.05, 0.1) is 0 Å². The minimum Gasteiger partial charge on any atom is -0.384 e. The SMILES string of the molecule is Nc1cc(C=O)c(-c2cc(Cl)ccc2Cl)cn1. The number of aldehydes is 1. The molecule has 0 saturated heterocycles. The standard InChI is InChI=1S/C12H8Cl2N2O/c13-8-1-2-11(14)9(4-8)10-5-16-12(15)3-7(10)6-17/h1-6H,(H2,15,16). The van der Waals surface area contributed by atoms with Gasteiger partial charge in [-0.05, 0) is 24.3 Å². The van der Waals surface area contributed by atoms with Gasteiger partial charge in [0.2, 0.25) is 0 Å². The second-order valence-electron chi connectivity index (χ2n) is 3.44. The number of carbonyl (C=O) groups is 1. The van der Waals surface area contributed by atoms with Crippen LogP contribution in [0.15, 0.2) is 30.5 Å². The number of benzene rings is 1. The van der Waals surface area contributed by atoms with Gasteiger partial charge in [0.15, 0.2) is 6.29 Å². The Morgan fingerprint density at radius 3 is 2.65 bits per heavy atom. The van der Waals surface area contributed by atoms with Crippen molar-refractivity contribution in [3.05, 3.63) is 46.1 Å². The van der Waals surface area contributed by atoms with E-state index in [1.54, 1.807) is 18.2 Å². The Morgan fingerprint density at radius 2 is 1.94 bits per heavy atom. The van der Waals surface area contributed by atoms with Crippen LogP contribution in [-0.2, 0) is 0 Å². The quantitative estimate of drug-likeness (QED) is 0.848. The van der Waals surface area contributed by atoms with Gasteiger partial charge < -0.3 is 5.73 Å². The Morgan fingerprint density at radius 1 is 1.18 bits per heavy atom. The maximum atomic E-state index is 11.0. The van der Waals surface area contributed by atoms with Gasteiger partial charge in [0.1, 0.15) is 5.82 Å². The van der Waals surface area contributed by atoms with Crippen LogP contribution in [0.25, 0.3) is 11.1 Å². The number of hydrogen-bond acceptors (Lipinski definition) is 3. The van der Waals surface area contributed by atoms with E-state index in [1.165, 1.54) is 12.3 Å². The van der Waals surface area contributed by atoms with Gasteiger partial charge in [-0.15, -0.1) is 0 Å². The Kier molecular flexibility index (Phi) is 3.31.